The van der Waals surface area contributed by atoms with Gasteiger partial charge in [0.05, 0.1) is 17.6 Å². The Hall–Kier alpha value is -1.23. The van der Waals surface area contributed by atoms with Crippen molar-refractivity contribution in [3.05, 3.63) is 28.2 Å². The lowest BCUT2D eigenvalue weighted by atomic mass is 10.1. The molecule has 0 fully saturated rings. The van der Waals surface area contributed by atoms with Crippen LogP contribution in [0.1, 0.15) is 39.3 Å². The smallest absolute Gasteiger partial charge is 0.408 e. The molecule has 19 heavy (non-hydrogen) atoms. The number of hydrogen-bond acceptors (Lipinski definition) is 3. The van der Waals surface area contributed by atoms with Crippen molar-refractivity contribution in [2.24, 2.45) is 0 Å². The molecule has 4 nitrogen and oxygen atoms in total. The Morgan fingerprint density at radius 3 is 2.53 bits per heavy atom. The average Bonchev–Trinajstić information content (AvgIpc) is 2.25. The van der Waals surface area contributed by atoms with Gasteiger partial charge in [0, 0.05) is 5.56 Å². The normalized spacial score (nSPS) is 12.7. The van der Waals surface area contributed by atoms with Gasteiger partial charge in [0.2, 0.25) is 0 Å². The molecule has 5 heteroatoms. The Bertz CT molecular complexity index is 454. The van der Waals surface area contributed by atoms with Crippen molar-refractivity contribution in [2.75, 3.05) is 7.11 Å². The van der Waals surface area contributed by atoms with Crippen molar-refractivity contribution in [2.45, 2.75) is 39.3 Å². The highest BCUT2D eigenvalue weighted by Gasteiger charge is 2.20. The second-order valence-electron chi connectivity index (χ2n) is 5.23. The van der Waals surface area contributed by atoms with E-state index >= 15 is 0 Å². The third-order valence-electron chi connectivity index (χ3n) is 2.40. The molecule has 0 saturated carbocycles. The molecule has 0 saturated heterocycles. The number of carbonyl (C=O) groups excluding carboxylic acids is 1. The summed E-state index contributed by atoms with van der Waals surface area (Å²) in [6.45, 7) is 7.37. The van der Waals surface area contributed by atoms with Crippen LogP contribution in [0.25, 0.3) is 0 Å². The Kier molecular flexibility index (Phi) is 5.23. The van der Waals surface area contributed by atoms with Gasteiger partial charge in [-0.3, -0.25) is 0 Å². The minimum absolute atomic E-state index is 0.206. The van der Waals surface area contributed by atoms with Crippen LogP contribution in [0.4, 0.5) is 4.79 Å². The summed E-state index contributed by atoms with van der Waals surface area (Å²) in [5.74, 6) is 0.714. The van der Waals surface area contributed by atoms with Crippen LogP contribution >= 0.6 is 15.9 Å². The van der Waals surface area contributed by atoms with Gasteiger partial charge >= 0.3 is 6.09 Å². The molecule has 0 bridgehead atoms. The molecule has 0 aliphatic carbocycles. The number of benzene rings is 1. The molecule has 0 radical (unpaired) electrons. The van der Waals surface area contributed by atoms with Crippen LogP contribution in [0.15, 0.2) is 22.7 Å². The SMILES string of the molecule is COc1c(Br)cccc1C(C)NC(=O)OC(C)(C)C. The summed E-state index contributed by atoms with van der Waals surface area (Å²) in [6, 6.07) is 5.49. The molecule has 0 heterocycles. The summed E-state index contributed by atoms with van der Waals surface area (Å²) in [5.41, 5.74) is 0.383. The van der Waals surface area contributed by atoms with E-state index in [0.29, 0.717) is 5.75 Å². The number of nitrogens with one attached hydrogen (secondary N) is 1. The topological polar surface area (TPSA) is 47.6 Å². The van der Waals surface area contributed by atoms with Crippen molar-refractivity contribution in [3.8, 4) is 5.75 Å². The second kappa shape index (κ2) is 6.28. The first kappa shape index (κ1) is 15.8. The van der Waals surface area contributed by atoms with E-state index in [-0.39, 0.29) is 6.04 Å². The molecule has 1 aromatic carbocycles. The standard InChI is InChI=1S/C14H20BrNO3/c1-9(16-13(17)19-14(2,3)4)10-7-6-8-11(15)12(10)18-5/h6-9H,1-5H3,(H,16,17). The molecular formula is C14H20BrNO3. The third kappa shape index (κ3) is 4.74. The van der Waals surface area contributed by atoms with Crippen LogP contribution in [0.2, 0.25) is 0 Å². The van der Waals surface area contributed by atoms with Gasteiger partial charge in [0.15, 0.2) is 0 Å². The van der Waals surface area contributed by atoms with E-state index in [4.69, 9.17) is 9.47 Å². The van der Waals surface area contributed by atoms with E-state index in [1.807, 2.05) is 45.9 Å². The highest BCUT2D eigenvalue weighted by atomic mass is 79.9. The van der Waals surface area contributed by atoms with Crippen LogP contribution in [-0.2, 0) is 4.74 Å². The Morgan fingerprint density at radius 2 is 2.00 bits per heavy atom. The van der Waals surface area contributed by atoms with Gasteiger partial charge in [0.25, 0.3) is 0 Å². The lowest BCUT2D eigenvalue weighted by Gasteiger charge is -2.23. The number of ether oxygens (including phenoxy) is 2. The van der Waals surface area contributed by atoms with Gasteiger partial charge in [-0.2, -0.15) is 0 Å². The van der Waals surface area contributed by atoms with E-state index in [2.05, 4.69) is 21.2 Å². The van der Waals surface area contributed by atoms with E-state index in [1.165, 1.54) is 0 Å². The predicted octanol–water partition coefficient (Wildman–Crippen LogP) is 4.04. The predicted molar refractivity (Wildman–Crippen MR) is 78.5 cm³/mol. The number of carbonyl (C=O) groups is 1. The zero-order valence-corrected chi connectivity index (χ0v) is 13.5. The molecule has 1 atom stereocenters. The molecule has 106 valence electrons. The van der Waals surface area contributed by atoms with E-state index in [9.17, 15) is 4.79 Å². The van der Waals surface area contributed by atoms with Crippen molar-refractivity contribution in [1.29, 1.82) is 0 Å². The van der Waals surface area contributed by atoms with Gasteiger partial charge in [-0.1, -0.05) is 12.1 Å². The number of methoxy groups -OCH3 is 1. The number of amides is 1. The van der Waals surface area contributed by atoms with Gasteiger partial charge in [0.1, 0.15) is 11.4 Å². The summed E-state index contributed by atoms with van der Waals surface area (Å²) in [7, 11) is 1.60. The highest BCUT2D eigenvalue weighted by molar-refractivity contribution is 9.10. The summed E-state index contributed by atoms with van der Waals surface area (Å²) in [5, 5.41) is 2.79. The zero-order valence-electron chi connectivity index (χ0n) is 11.9. The molecule has 1 rings (SSSR count). The van der Waals surface area contributed by atoms with E-state index in [0.717, 1.165) is 10.0 Å². The summed E-state index contributed by atoms with van der Waals surface area (Å²) in [6.07, 6.45) is -0.443. The number of hydrogen-bond donors (Lipinski definition) is 1. The minimum Gasteiger partial charge on any atom is -0.495 e. The monoisotopic (exact) mass is 329 g/mol. The van der Waals surface area contributed by atoms with Gasteiger partial charge in [-0.15, -0.1) is 0 Å². The van der Waals surface area contributed by atoms with Crippen molar-refractivity contribution < 1.29 is 14.3 Å². The number of alkyl carbamates (subject to hydrolysis) is 1. The summed E-state index contributed by atoms with van der Waals surface area (Å²) >= 11 is 3.42. The van der Waals surface area contributed by atoms with E-state index in [1.54, 1.807) is 7.11 Å². The Balaban J connectivity index is 2.81. The number of rotatable bonds is 3. The first-order chi connectivity index (χ1) is 8.74. The lowest BCUT2D eigenvalue weighted by Crippen LogP contribution is -2.34. The second-order valence-corrected chi connectivity index (χ2v) is 6.08. The van der Waals surface area contributed by atoms with Crippen LogP contribution in [0.3, 0.4) is 0 Å². The fourth-order valence-corrected chi connectivity index (χ4v) is 2.19. The van der Waals surface area contributed by atoms with Crippen LogP contribution < -0.4 is 10.1 Å². The van der Waals surface area contributed by atoms with E-state index < -0.39 is 11.7 Å². The van der Waals surface area contributed by atoms with Crippen LogP contribution in [0.5, 0.6) is 5.75 Å². The van der Waals surface area contributed by atoms with Crippen molar-refractivity contribution in [3.63, 3.8) is 0 Å². The molecule has 0 aliphatic heterocycles. The van der Waals surface area contributed by atoms with Gasteiger partial charge in [-0.25, -0.2) is 4.79 Å². The first-order valence-electron chi connectivity index (χ1n) is 6.06. The molecule has 1 amide bonds. The fourth-order valence-electron chi connectivity index (χ4n) is 1.64. The molecule has 0 spiro atoms. The lowest BCUT2D eigenvalue weighted by molar-refractivity contribution is 0.0507. The Labute approximate surface area is 122 Å². The average molecular weight is 330 g/mol. The van der Waals surface area contributed by atoms with Crippen LogP contribution in [0, 0.1) is 0 Å². The molecule has 0 aliphatic rings. The van der Waals surface area contributed by atoms with Crippen molar-refractivity contribution >= 4 is 22.0 Å². The fraction of sp³-hybridized carbons (Fsp3) is 0.500. The Morgan fingerprint density at radius 1 is 1.37 bits per heavy atom. The molecule has 0 aromatic heterocycles. The third-order valence-corrected chi connectivity index (χ3v) is 3.03. The number of para-hydroxylation sites is 1. The van der Waals surface area contributed by atoms with Gasteiger partial charge < -0.3 is 14.8 Å². The number of halogens is 1. The molecule has 1 aromatic rings. The quantitative estimate of drug-likeness (QED) is 0.910. The maximum Gasteiger partial charge on any atom is 0.408 e. The first-order valence-corrected chi connectivity index (χ1v) is 6.86. The molecular weight excluding hydrogens is 310 g/mol. The van der Waals surface area contributed by atoms with Crippen LogP contribution in [-0.4, -0.2) is 18.8 Å². The highest BCUT2D eigenvalue weighted by Crippen LogP contribution is 2.32. The maximum absolute atomic E-state index is 11.7. The zero-order chi connectivity index (χ0) is 14.6. The minimum atomic E-state index is -0.509. The van der Waals surface area contributed by atoms with Crippen molar-refractivity contribution in [1.82, 2.24) is 5.32 Å². The largest absolute Gasteiger partial charge is 0.495 e. The van der Waals surface area contributed by atoms with Gasteiger partial charge in [-0.05, 0) is 49.7 Å². The molecule has 1 N–H and O–H groups in total. The molecule has 1 unspecified atom stereocenters. The summed E-state index contributed by atoms with van der Waals surface area (Å²) in [4.78, 5) is 11.7. The summed E-state index contributed by atoms with van der Waals surface area (Å²) < 4.78 is 11.4. The maximum atomic E-state index is 11.7.